The molecule has 1 aromatic heterocycles. The molecule has 6 nitrogen and oxygen atoms in total. The molecule has 0 spiro atoms. The zero-order valence-corrected chi connectivity index (χ0v) is 9.83. The second-order valence-electron chi connectivity index (χ2n) is 3.19. The Morgan fingerprint density at radius 2 is 2.11 bits per heavy atom. The Morgan fingerprint density at radius 1 is 1.37 bits per heavy atom. The number of para-hydroxylation sites is 1. The SMILES string of the molecule is C#CCONC(=O)O.O=c1ccc2ccccc2o1. The largest absolute Gasteiger partial charge is 0.464 e. The first-order chi connectivity index (χ1) is 9.13. The predicted octanol–water partition coefficient (Wildman–Crippen LogP) is 1.61. The lowest BCUT2D eigenvalue weighted by Gasteiger charge is -1.93. The lowest BCUT2D eigenvalue weighted by Crippen LogP contribution is -2.20. The van der Waals surface area contributed by atoms with Crippen LogP contribution in [0.4, 0.5) is 4.79 Å². The van der Waals surface area contributed by atoms with Crippen molar-refractivity contribution < 1.29 is 19.2 Å². The Kier molecular flexibility index (Phi) is 5.66. The Labute approximate surface area is 108 Å². The van der Waals surface area contributed by atoms with Crippen LogP contribution in [-0.4, -0.2) is 17.8 Å². The quantitative estimate of drug-likeness (QED) is 0.371. The molecule has 2 aromatic rings. The monoisotopic (exact) mass is 261 g/mol. The Balaban J connectivity index is 0.000000203. The molecule has 0 saturated carbocycles. The number of carbonyl (C=O) groups is 1. The number of nitrogens with one attached hydrogen (secondary N) is 1. The van der Waals surface area contributed by atoms with Gasteiger partial charge in [0.2, 0.25) is 0 Å². The van der Waals surface area contributed by atoms with Crippen LogP contribution in [0.2, 0.25) is 0 Å². The molecule has 98 valence electrons. The molecule has 2 N–H and O–H groups in total. The van der Waals surface area contributed by atoms with Gasteiger partial charge in [0.05, 0.1) is 0 Å². The van der Waals surface area contributed by atoms with E-state index in [4.69, 9.17) is 15.9 Å². The van der Waals surface area contributed by atoms with Crippen LogP contribution in [0.5, 0.6) is 0 Å². The van der Waals surface area contributed by atoms with Gasteiger partial charge in [-0.2, -0.15) is 5.48 Å². The summed E-state index contributed by atoms with van der Waals surface area (Å²) in [5.41, 5.74) is 1.96. The summed E-state index contributed by atoms with van der Waals surface area (Å²) in [6.07, 6.45) is 3.46. The molecule has 1 amide bonds. The van der Waals surface area contributed by atoms with Crippen LogP contribution in [-0.2, 0) is 4.84 Å². The molecule has 0 bridgehead atoms. The number of hydrogen-bond donors (Lipinski definition) is 2. The minimum Gasteiger partial charge on any atom is -0.464 e. The van der Waals surface area contributed by atoms with E-state index in [1.54, 1.807) is 17.6 Å². The van der Waals surface area contributed by atoms with Gasteiger partial charge >= 0.3 is 11.7 Å². The fourth-order valence-electron chi connectivity index (χ4n) is 1.15. The highest BCUT2D eigenvalue weighted by molar-refractivity contribution is 5.75. The average Bonchev–Trinajstić information content (AvgIpc) is 2.39. The van der Waals surface area contributed by atoms with Crippen LogP contribution in [0.3, 0.4) is 0 Å². The fraction of sp³-hybridized carbons (Fsp3) is 0.0769. The average molecular weight is 261 g/mol. The Hall–Kier alpha value is -2.78. The van der Waals surface area contributed by atoms with Gasteiger partial charge in [0.1, 0.15) is 12.2 Å². The third kappa shape index (κ3) is 5.39. The molecule has 0 fully saturated rings. The van der Waals surface area contributed by atoms with E-state index in [0.29, 0.717) is 5.58 Å². The standard InChI is InChI=1S/C9H6O2.C4H5NO3/c10-9-6-5-7-3-1-2-4-8(7)11-9;1-2-3-8-5-4(6)7/h1-6H;1,5H,3H2,(H,6,7). The molecule has 0 aliphatic rings. The highest BCUT2D eigenvalue weighted by Crippen LogP contribution is 2.08. The molecule has 0 radical (unpaired) electrons. The number of benzene rings is 1. The molecular formula is C13H11NO5. The zero-order valence-electron chi connectivity index (χ0n) is 9.83. The summed E-state index contributed by atoms with van der Waals surface area (Å²) < 4.78 is 4.91. The number of carboxylic acid groups (broad SMARTS) is 1. The molecule has 0 saturated heterocycles. The highest BCUT2D eigenvalue weighted by Gasteiger charge is 1.92. The van der Waals surface area contributed by atoms with E-state index in [1.807, 2.05) is 18.2 Å². The summed E-state index contributed by atoms with van der Waals surface area (Å²) >= 11 is 0. The smallest absolute Gasteiger partial charge is 0.428 e. The van der Waals surface area contributed by atoms with E-state index in [2.05, 4.69) is 10.8 Å². The van der Waals surface area contributed by atoms with Crippen molar-refractivity contribution in [3.63, 3.8) is 0 Å². The number of fused-ring (bicyclic) bond motifs is 1. The van der Waals surface area contributed by atoms with Crippen molar-refractivity contribution >= 4 is 17.1 Å². The lowest BCUT2D eigenvalue weighted by atomic mass is 10.2. The van der Waals surface area contributed by atoms with Crippen molar-refractivity contribution in [1.82, 2.24) is 5.48 Å². The first-order valence-electron chi connectivity index (χ1n) is 5.16. The normalized spacial score (nSPS) is 9.00. The Morgan fingerprint density at radius 3 is 2.79 bits per heavy atom. The third-order valence-electron chi connectivity index (χ3n) is 1.84. The second kappa shape index (κ2) is 7.53. The highest BCUT2D eigenvalue weighted by atomic mass is 16.7. The van der Waals surface area contributed by atoms with Crippen molar-refractivity contribution in [2.75, 3.05) is 6.61 Å². The molecule has 1 aromatic carbocycles. The van der Waals surface area contributed by atoms with Crippen LogP contribution >= 0.6 is 0 Å². The summed E-state index contributed by atoms with van der Waals surface area (Å²) in [5.74, 6) is 2.08. The van der Waals surface area contributed by atoms with Crippen LogP contribution in [0, 0.1) is 12.3 Å². The first kappa shape index (κ1) is 14.3. The van der Waals surface area contributed by atoms with Gasteiger partial charge in [-0.05, 0) is 12.1 Å². The zero-order chi connectivity index (χ0) is 14.1. The van der Waals surface area contributed by atoms with Crippen LogP contribution in [0.1, 0.15) is 0 Å². The topological polar surface area (TPSA) is 88.8 Å². The van der Waals surface area contributed by atoms with E-state index in [1.165, 1.54) is 6.07 Å². The number of hydroxylamine groups is 1. The van der Waals surface area contributed by atoms with E-state index in [9.17, 15) is 9.59 Å². The summed E-state index contributed by atoms with van der Waals surface area (Å²) in [5, 5.41) is 8.79. The first-order valence-corrected chi connectivity index (χ1v) is 5.16. The molecular weight excluding hydrogens is 250 g/mol. The molecule has 0 aliphatic carbocycles. The van der Waals surface area contributed by atoms with Crippen LogP contribution < -0.4 is 11.1 Å². The number of amides is 1. The summed E-state index contributed by atoms with van der Waals surface area (Å²) in [6, 6.07) is 10.6. The van der Waals surface area contributed by atoms with E-state index < -0.39 is 6.09 Å². The maximum absolute atomic E-state index is 10.7. The number of hydrogen-bond acceptors (Lipinski definition) is 4. The summed E-state index contributed by atoms with van der Waals surface area (Å²) in [4.78, 5) is 24.4. The maximum atomic E-state index is 10.7. The molecule has 0 unspecified atom stereocenters. The summed E-state index contributed by atoms with van der Waals surface area (Å²) in [7, 11) is 0. The molecule has 2 rings (SSSR count). The van der Waals surface area contributed by atoms with Crippen molar-refractivity contribution in [3.05, 3.63) is 46.8 Å². The maximum Gasteiger partial charge on any atom is 0.428 e. The van der Waals surface area contributed by atoms with Gasteiger partial charge in [-0.15, -0.1) is 6.42 Å². The summed E-state index contributed by atoms with van der Waals surface area (Å²) in [6.45, 7) is -0.0493. The minimum atomic E-state index is -1.25. The second-order valence-corrected chi connectivity index (χ2v) is 3.19. The van der Waals surface area contributed by atoms with Gasteiger partial charge in [-0.25, -0.2) is 9.59 Å². The Bertz CT molecular complexity index is 641. The van der Waals surface area contributed by atoms with E-state index >= 15 is 0 Å². The van der Waals surface area contributed by atoms with E-state index in [-0.39, 0.29) is 12.2 Å². The van der Waals surface area contributed by atoms with Gasteiger partial charge in [-0.3, -0.25) is 4.84 Å². The van der Waals surface area contributed by atoms with Gasteiger partial charge in [0.15, 0.2) is 0 Å². The van der Waals surface area contributed by atoms with Gasteiger partial charge < -0.3 is 9.52 Å². The minimum absolute atomic E-state index is 0.0493. The van der Waals surface area contributed by atoms with Gasteiger partial charge in [-0.1, -0.05) is 24.1 Å². The number of rotatable bonds is 2. The van der Waals surface area contributed by atoms with Crippen molar-refractivity contribution in [2.24, 2.45) is 0 Å². The fourth-order valence-corrected chi connectivity index (χ4v) is 1.15. The molecule has 19 heavy (non-hydrogen) atoms. The van der Waals surface area contributed by atoms with Crippen molar-refractivity contribution in [3.8, 4) is 12.3 Å². The third-order valence-corrected chi connectivity index (χ3v) is 1.84. The van der Waals surface area contributed by atoms with Crippen LogP contribution in [0.25, 0.3) is 11.0 Å². The predicted molar refractivity (Wildman–Crippen MR) is 68.4 cm³/mol. The van der Waals surface area contributed by atoms with E-state index in [0.717, 1.165) is 5.39 Å². The van der Waals surface area contributed by atoms with Crippen LogP contribution in [0.15, 0.2) is 45.6 Å². The molecule has 0 aliphatic heterocycles. The molecule has 0 atom stereocenters. The van der Waals surface area contributed by atoms with Crippen molar-refractivity contribution in [2.45, 2.75) is 0 Å². The van der Waals surface area contributed by atoms with Gasteiger partial charge in [0, 0.05) is 11.5 Å². The number of terminal acetylenes is 1. The van der Waals surface area contributed by atoms with Crippen molar-refractivity contribution in [1.29, 1.82) is 0 Å². The molecule has 6 heteroatoms. The van der Waals surface area contributed by atoms with Gasteiger partial charge in [0.25, 0.3) is 0 Å². The lowest BCUT2D eigenvalue weighted by molar-refractivity contribution is 0.0621. The molecule has 1 heterocycles.